The van der Waals surface area contributed by atoms with Gasteiger partial charge in [0.1, 0.15) is 12.4 Å². The van der Waals surface area contributed by atoms with E-state index in [1.165, 1.54) is 10.4 Å². The number of fused-ring (bicyclic) bond motifs is 1. The van der Waals surface area contributed by atoms with Crippen molar-refractivity contribution in [1.82, 2.24) is 9.80 Å². The summed E-state index contributed by atoms with van der Waals surface area (Å²) in [5.74, 6) is 0.932. The molecular formula is C27H38N2O4S. The number of hydrogen-bond donors (Lipinski definition) is 1. The molecule has 0 bridgehead atoms. The highest BCUT2D eigenvalue weighted by Gasteiger charge is 2.36. The van der Waals surface area contributed by atoms with Crippen LogP contribution >= 0.6 is 11.3 Å². The third kappa shape index (κ3) is 6.81. The number of ether oxygens (including phenoxy) is 2. The summed E-state index contributed by atoms with van der Waals surface area (Å²) >= 11 is 1.76. The average molecular weight is 487 g/mol. The molecule has 0 radical (unpaired) electrons. The number of nitrogens with zero attached hydrogens (tertiary/aromatic N) is 2. The lowest BCUT2D eigenvalue weighted by Gasteiger charge is -2.37. The van der Waals surface area contributed by atoms with Crippen molar-refractivity contribution in [1.29, 1.82) is 0 Å². The van der Waals surface area contributed by atoms with Crippen molar-refractivity contribution in [2.24, 2.45) is 0 Å². The van der Waals surface area contributed by atoms with E-state index in [9.17, 15) is 9.90 Å². The van der Waals surface area contributed by atoms with Gasteiger partial charge in [-0.3, -0.25) is 9.69 Å². The number of aliphatic hydroxyl groups is 1. The summed E-state index contributed by atoms with van der Waals surface area (Å²) in [6.07, 6.45) is 2.42. The van der Waals surface area contributed by atoms with Crippen molar-refractivity contribution >= 4 is 17.2 Å². The van der Waals surface area contributed by atoms with E-state index >= 15 is 0 Å². The Bertz CT molecular complexity index is 966. The lowest BCUT2D eigenvalue weighted by Crippen LogP contribution is -2.48. The molecule has 2 aliphatic rings. The fourth-order valence-electron chi connectivity index (χ4n) is 4.47. The first-order valence-electron chi connectivity index (χ1n) is 12.3. The normalized spacial score (nSPS) is 19.2. The third-order valence-electron chi connectivity index (χ3n) is 6.37. The minimum atomic E-state index is -0.613. The second-order valence-electron chi connectivity index (χ2n) is 10.5. The molecule has 2 aromatic rings. The van der Waals surface area contributed by atoms with Gasteiger partial charge in [0.2, 0.25) is 5.91 Å². The van der Waals surface area contributed by atoms with Gasteiger partial charge in [-0.2, -0.15) is 0 Å². The molecule has 1 aliphatic carbocycles. The third-order valence-corrected chi connectivity index (χ3v) is 7.36. The zero-order chi connectivity index (χ0) is 24.3. The van der Waals surface area contributed by atoms with Crippen molar-refractivity contribution in [2.75, 3.05) is 32.8 Å². The molecule has 6 nitrogen and oxygen atoms in total. The van der Waals surface area contributed by atoms with Crippen LogP contribution in [0.2, 0.25) is 0 Å². The van der Waals surface area contributed by atoms with Gasteiger partial charge in [0.15, 0.2) is 0 Å². The van der Waals surface area contributed by atoms with Crippen molar-refractivity contribution in [3.8, 4) is 5.75 Å². The first-order valence-corrected chi connectivity index (χ1v) is 13.2. The summed E-state index contributed by atoms with van der Waals surface area (Å²) in [6, 6.07) is 10.4. The Morgan fingerprint density at radius 2 is 2.09 bits per heavy atom. The highest BCUT2D eigenvalue weighted by Crippen LogP contribution is 2.35. The number of rotatable bonds is 10. The summed E-state index contributed by atoms with van der Waals surface area (Å²) in [5, 5.41) is 12.7. The number of thiophene rings is 1. The predicted molar refractivity (Wildman–Crippen MR) is 135 cm³/mol. The maximum atomic E-state index is 13.6. The smallest absolute Gasteiger partial charge is 0.237 e. The van der Waals surface area contributed by atoms with Crippen LogP contribution in [0.25, 0.3) is 0 Å². The fraction of sp³-hybridized carbons (Fsp3) is 0.593. The monoisotopic (exact) mass is 486 g/mol. The molecule has 7 heteroatoms. The summed E-state index contributed by atoms with van der Waals surface area (Å²) in [6.45, 7) is 10.2. The van der Waals surface area contributed by atoms with Gasteiger partial charge in [-0.15, -0.1) is 11.3 Å². The SMILES string of the molecule is Cc1cccc(OC[C@H]2c3ccsc3CCN2C(=O)CN(C[C@H](O)COC(C)(C)C)C2CC2)c1. The summed E-state index contributed by atoms with van der Waals surface area (Å²) in [5.41, 5.74) is 2.06. The minimum Gasteiger partial charge on any atom is -0.491 e. The molecule has 1 N–H and O–H groups in total. The lowest BCUT2D eigenvalue weighted by atomic mass is 10.0. The van der Waals surface area contributed by atoms with E-state index in [4.69, 9.17) is 9.47 Å². The van der Waals surface area contributed by atoms with Crippen molar-refractivity contribution in [3.63, 3.8) is 0 Å². The van der Waals surface area contributed by atoms with Crippen LogP contribution in [-0.4, -0.2) is 71.4 Å². The molecule has 2 atom stereocenters. The zero-order valence-corrected chi connectivity index (χ0v) is 21.6. The number of aryl methyl sites for hydroxylation is 1. The van der Waals surface area contributed by atoms with Crippen LogP contribution in [-0.2, 0) is 16.0 Å². The van der Waals surface area contributed by atoms with Gasteiger partial charge in [-0.1, -0.05) is 12.1 Å². The zero-order valence-electron chi connectivity index (χ0n) is 20.8. The minimum absolute atomic E-state index is 0.0989. The number of carbonyl (C=O) groups is 1. The summed E-state index contributed by atoms with van der Waals surface area (Å²) in [7, 11) is 0. The van der Waals surface area contributed by atoms with Gasteiger partial charge in [0.25, 0.3) is 0 Å². The van der Waals surface area contributed by atoms with Crippen LogP contribution in [0.5, 0.6) is 5.75 Å². The Balaban J connectivity index is 1.42. The highest BCUT2D eigenvalue weighted by atomic mass is 32.1. The van der Waals surface area contributed by atoms with Crippen molar-refractivity contribution in [3.05, 3.63) is 51.7 Å². The van der Waals surface area contributed by atoms with E-state index in [2.05, 4.69) is 16.3 Å². The van der Waals surface area contributed by atoms with E-state index in [0.717, 1.165) is 30.6 Å². The van der Waals surface area contributed by atoms with Crippen LogP contribution in [0.15, 0.2) is 35.7 Å². The lowest BCUT2D eigenvalue weighted by molar-refractivity contribution is -0.137. The van der Waals surface area contributed by atoms with Crippen LogP contribution < -0.4 is 4.74 Å². The molecule has 2 heterocycles. The molecule has 1 aliphatic heterocycles. The Kier molecular flexibility index (Phi) is 7.97. The Hall–Kier alpha value is -1.93. The average Bonchev–Trinajstić information content (AvgIpc) is 3.52. The number of amides is 1. The molecule has 0 saturated heterocycles. The maximum Gasteiger partial charge on any atom is 0.237 e. The largest absolute Gasteiger partial charge is 0.491 e. The Morgan fingerprint density at radius 3 is 2.79 bits per heavy atom. The Labute approximate surface area is 207 Å². The molecular weight excluding hydrogens is 448 g/mol. The number of hydrogen-bond acceptors (Lipinski definition) is 6. The number of carbonyl (C=O) groups excluding carboxylic acids is 1. The Morgan fingerprint density at radius 1 is 1.29 bits per heavy atom. The van der Waals surface area contributed by atoms with Gasteiger partial charge in [0, 0.05) is 24.0 Å². The quantitative estimate of drug-likeness (QED) is 0.545. The molecule has 4 rings (SSSR count). The van der Waals surface area contributed by atoms with Gasteiger partial charge >= 0.3 is 0 Å². The predicted octanol–water partition coefficient (Wildman–Crippen LogP) is 4.20. The molecule has 0 spiro atoms. The molecule has 1 aromatic carbocycles. The molecule has 34 heavy (non-hydrogen) atoms. The van der Waals surface area contributed by atoms with E-state index in [-0.39, 0.29) is 24.2 Å². The topological polar surface area (TPSA) is 62.2 Å². The standard InChI is InChI=1S/C27H38N2O4S/c1-19-6-5-7-22(14-19)32-18-24-23-11-13-34-25(23)10-12-29(24)26(31)16-28(20-8-9-20)15-21(30)17-33-27(2,3)4/h5-7,11,13-14,20-21,24,30H,8-10,12,15-18H2,1-4H3/t21-,24-/m0/s1. The van der Waals surface area contributed by atoms with Crippen LogP contribution in [0.3, 0.4) is 0 Å². The van der Waals surface area contributed by atoms with Crippen LogP contribution in [0.4, 0.5) is 0 Å². The molecule has 0 unspecified atom stereocenters. The van der Waals surface area contributed by atoms with E-state index in [1.807, 2.05) is 56.9 Å². The van der Waals surface area contributed by atoms with E-state index in [0.29, 0.717) is 32.3 Å². The number of aliphatic hydroxyl groups excluding tert-OH is 1. The molecule has 1 fully saturated rings. The fourth-order valence-corrected chi connectivity index (χ4v) is 5.40. The summed E-state index contributed by atoms with van der Waals surface area (Å²) in [4.78, 5) is 19.0. The second kappa shape index (κ2) is 10.8. The second-order valence-corrected chi connectivity index (χ2v) is 11.5. The van der Waals surface area contributed by atoms with E-state index < -0.39 is 6.10 Å². The summed E-state index contributed by atoms with van der Waals surface area (Å²) < 4.78 is 11.9. The van der Waals surface area contributed by atoms with Gasteiger partial charge in [-0.05, 0) is 81.7 Å². The van der Waals surface area contributed by atoms with E-state index in [1.54, 1.807) is 11.3 Å². The molecule has 186 valence electrons. The maximum absolute atomic E-state index is 13.6. The van der Waals surface area contributed by atoms with Gasteiger partial charge in [-0.25, -0.2) is 0 Å². The first-order chi connectivity index (χ1) is 16.2. The number of benzene rings is 1. The molecule has 1 aromatic heterocycles. The first kappa shape index (κ1) is 25.2. The van der Waals surface area contributed by atoms with Gasteiger partial charge < -0.3 is 19.5 Å². The highest BCUT2D eigenvalue weighted by molar-refractivity contribution is 7.10. The van der Waals surface area contributed by atoms with Crippen molar-refractivity contribution < 1.29 is 19.4 Å². The molecule has 1 amide bonds. The van der Waals surface area contributed by atoms with Gasteiger partial charge in [0.05, 0.1) is 30.9 Å². The van der Waals surface area contributed by atoms with Crippen LogP contribution in [0.1, 0.15) is 55.7 Å². The molecule has 1 saturated carbocycles. The van der Waals surface area contributed by atoms with Crippen molar-refractivity contribution in [2.45, 2.75) is 70.7 Å². The van der Waals surface area contributed by atoms with Crippen LogP contribution in [0, 0.1) is 6.92 Å².